The molecule has 1 aromatic rings. The first-order valence-corrected chi connectivity index (χ1v) is 5.11. The maximum absolute atomic E-state index is 10.6. The van der Waals surface area contributed by atoms with Crippen molar-refractivity contribution >= 4 is 5.97 Å². The third-order valence-electron chi connectivity index (χ3n) is 2.68. The van der Waals surface area contributed by atoms with E-state index >= 15 is 0 Å². The number of hydrogen-bond acceptors (Lipinski definition) is 3. The van der Waals surface area contributed by atoms with Crippen molar-refractivity contribution in [1.29, 1.82) is 0 Å². The summed E-state index contributed by atoms with van der Waals surface area (Å²) in [4.78, 5) is 14.7. The quantitative estimate of drug-likeness (QED) is 0.751. The average Bonchev–Trinajstić information content (AvgIpc) is 2.99. The fraction of sp³-hybridized carbons (Fsp3) is 0.455. The Bertz CT molecular complexity index is 340. The van der Waals surface area contributed by atoms with E-state index in [1.165, 1.54) is 0 Å². The lowest BCUT2D eigenvalue weighted by molar-refractivity contribution is -0.138. The summed E-state index contributed by atoms with van der Waals surface area (Å²) >= 11 is 0. The number of rotatable bonds is 5. The minimum atomic E-state index is -0.667. The Labute approximate surface area is 88.3 Å². The predicted octanol–water partition coefficient (Wildman–Crippen LogP) is 0.892. The largest absolute Gasteiger partial charge is 0.481 e. The van der Waals surface area contributed by atoms with Gasteiger partial charge in [-0.25, -0.2) is 0 Å². The molecule has 0 bridgehead atoms. The van der Waals surface area contributed by atoms with E-state index < -0.39 is 5.97 Å². The van der Waals surface area contributed by atoms with Crippen LogP contribution in [-0.4, -0.2) is 22.6 Å². The molecule has 0 spiro atoms. The number of carbonyl (C=O) groups is 1. The SMILES string of the molecule is O=C(O)C1CC1CNCc1ccccn1. The monoisotopic (exact) mass is 206 g/mol. The van der Waals surface area contributed by atoms with Crippen LogP contribution in [0.2, 0.25) is 0 Å². The highest BCUT2D eigenvalue weighted by atomic mass is 16.4. The maximum Gasteiger partial charge on any atom is 0.306 e. The zero-order chi connectivity index (χ0) is 10.7. The summed E-state index contributed by atoms with van der Waals surface area (Å²) in [6.45, 7) is 1.48. The zero-order valence-corrected chi connectivity index (χ0v) is 8.39. The second-order valence-electron chi connectivity index (χ2n) is 3.89. The van der Waals surface area contributed by atoms with E-state index in [2.05, 4.69) is 10.3 Å². The molecule has 1 aliphatic rings. The van der Waals surface area contributed by atoms with Gasteiger partial charge in [0.2, 0.25) is 0 Å². The smallest absolute Gasteiger partial charge is 0.306 e. The fourth-order valence-corrected chi connectivity index (χ4v) is 1.66. The molecule has 80 valence electrons. The van der Waals surface area contributed by atoms with Gasteiger partial charge in [-0.05, 0) is 31.0 Å². The zero-order valence-electron chi connectivity index (χ0n) is 8.39. The van der Waals surface area contributed by atoms with Gasteiger partial charge < -0.3 is 10.4 Å². The second kappa shape index (κ2) is 4.40. The number of hydrogen-bond donors (Lipinski definition) is 2. The normalized spacial score (nSPS) is 23.7. The van der Waals surface area contributed by atoms with Gasteiger partial charge in [0, 0.05) is 12.7 Å². The van der Waals surface area contributed by atoms with E-state index in [1.807, 2.05) is 18.2 Å². The lowest BCUT2D eigenvalue weighted by Gasteiger charge is -2.02. The first kappa shape index (κ1) is 10.1. The van der Waals surface area contributed by atoms with Crippen molar-refractivity contribution in [2.24, 2.45) is 11.8 Å². The third kappa shape index (κ3) is 2.76. The molecule has 15 heavy (non-hydrogen) atoms. The van der Waals surface area contributed by atoms with Gasteiger partial charge in [0.25, 0.3) is 0 Å². The van der Waals surface area contributed by atoms with Crippen LogP contribution >= 0.6 is 0 Å². The predicted molar refractivity (Wildman–Crippen MR) is 55.2 cm³/mol. The molecule has 2 unspecified atom stereocenters. The number of carboxylic acid groups (broad SMARTS) is 1. The summed E-state index contributed by atoms with van der Waals surface area (Å²) in [5, 5.41) is 11.9. The minimum Gasteiger partial charge on any atom is -0.481 e. The molecule has 1 saturated carbocycles. The third-order valence-corrected chi connectivity index (χ3v) is 2.68. The molecule has 4 nitrogen and oxygen atoms in total. The minimum absolute atomic E-state index is 0.124. The van der Waals surface area contributed by atoms with Gasteiger partial charge in [0.15, 0.2) is 0 Å². The lowest BCUT2D eigenvalue weighted by atomic mass is 10.3. The van der Waals surface area contributed by atoms with Crippen molar-refractivity contribution in [2.45, 2.75) is 13.0 Å². The molecular formula is C11H14N2O2. The Balaban J connectivity index is 1.67. The molecule has 1 aliphatic carbocycles. The van der Waals surface area contributed by atoms with Crippen LogP contribution in [0.25, 0.3) is 0 Å². The van der Waals surface area contributed by atoms with Gasteiger partial charge in [-0.3, -0.25) is 9.78 Å². The summed E-state index contributed by atoms with van der Waals surface area (Å²) in [7, 11) is 0. The molecule has 2 atom stereocenters. The van der Waals surface area contributed by atoms with Crippen LogP contribution in [-0.2, 0) is 11.3 Å². The van der Waals surface area contributed by atoms with Crippen LogP contribution in [0, 0.1) is 11.8 Å². The topological polar surface area (TPSA) is 62.2 Å². The van der Waals surface area contributed by atoms with E-state index in [0.29, 0.717) is 12.5 Å². The van der Waals surface area contributed by atoms with Crippen LogP contribution in [0.4, 0.5) is 0 Å². The molecule has 0 amide bonds. The first-order valence-electron chi connectivity index (χ1n) is 5.11. The van der Waals surface area contributed by atoms with Crippen LogP contribution in [0.15, 0.2) is 24.4 Å². The molecule has 2 rings (SSSR count). The summed E-state index contributed by atoms with van der Waals surface area (Å²) in [6, 6.07) is 5.78. The van der Waals surface area contributed by atoms with Crippen molar-refractivity contribution < 1.29 is 9.90 Å². The van der Waals surface area contributed by atoms with Crippen LogP contribution in [0.5, 0.6) is 0 Å². The highest BCUT2D eigenvalue weighted by Crippen LogP contribution is 2.37. The van der Waals surface area contributed by atoms with Crippen molar-refractivity contribution in [3.05, 3.63) is 30.1 Å². The van der Waals surface area contributed by atoms with Crippen LogP contribution < -0.4 is 5.32 Å². The molecule has 0 radical (unpaired) electrons. The number of nitrogens with one attached hydrogen (secondary N) is 1. The van der Waals surface area contributed by atoms with Crippen LogP contribution in [0.3, 0.4) is 0 Å². The van der Waals surface area contributed by atoms with E-state index in [0.717, 1.165) is 18.7 Å². The highest BCUT2D eigenvalue weighted by molar-refractivity contribution is 5.73. The molecule has 0 saturated heterocycles. The molecule has 0 aliphatic heterocycles. The summed E-state index contributed by atoms with van der Waals surface area (Å²) in [5.41, 5.74) is 0.991. The summed E-state index contributed by atoms with van der Waals surface area (Å²) in [5.74, 6) is -0.480. The van der Waals surface area contributed by atoms with E-state index in [4.69, 9.17) is 5.11 Å². The number of nitrogens with zero attached hydrogens (tertiary/aromatic N) is 1. The van der Waals surface area contributed by atoms with Gasteiger partial charge in [-0.1, -0.05) is 6.07 Å². The summed E-state index contributed by atoms with van der Waals surface area (Å²) < 4.78 is 0. The molecule has 4 heteroatoms. The Morgan fingerprint density at radius 1 is 1.60 bits per heavy atom. The molecule has 1 aromatic heterocycles. The van der Waals surface area contributed by atoms with Gasteiger partial charge in [-0.15, -0.1) is 0 Å². The van der Waals surface area contributed by atoms with E-state index in [-0.39, 0.29) is 5.92 Å². The molecule has 2 N–H and O–H groups in total. The summed E-state index contributed by atoms with van der Waals surface area (Å²) in [6.07, 6.45) is 2.57. The molecule has 1 heterocycles. The second-order valence-corrected chi connectivity index (χ2v) is 3.89. The average molecular weight is 206 g/mol. The van der Waals surface area contributed by atoms with E-state index in [9.17, 15) is 4.79 Å². The van der Waals surface area contributed by atoms with Gasteiger partial charge in [0.05, 0.1) is 11.6 Å². The van der Waals surface area contributed by atoms with Crippen molar-refractivity contribution in [3.63, 3.8) is 0 Å². The van der Waals surface area contributed by atoms with Crippen molar-refractivity contribution in [1.82, 2.24) is 10.3 Å². The van der Waals surface area contributed by atoms with Crippen molar-refractivity contribution in [2.75, 3.05) is 6.54 Å². The molecule has 1 fully saturated rings. The molecular weight excluding hydrogens is 192 g/mol. The number of carboxylic acids is 1. The maximum atomic E-state index is 10.6. The highest BCUT2D eigenvalue weighted by Gasteiger charge is 2.42. The number of aromatic nitrogens is 1. The van der Waals surface area contributed by atoms with Gasteiger partial charge >= 0.3 is 5.97 Å². The fourth-order valence-electron chi connectivity index (χ4n) is 1.66. The number of pyridine rings is 1. The van der Waals surface area contributed by atoms with Crippen LogP contribution in [0.1, 0.15) is 12.1 Å². The van der Waals surface area contributed by atoms with Gasteiger partial charge in [-0.2, -0.15) is 0 Å². The Kier molecular flexibility index (Phi) is 2.97. The Morgan fingerprint density at radius 2 is 2.47 bits per heavy atom. The Morgan fingerprint density at radius 3 is 3.07 bits per heavy atom. The standard InChI is InChI=1S/C11H14N2O2/c14-11(15)10-5-8(10)6-12-7-9-3-1-2-4-13-9/h1-4,8,10,12H,5-7H2,(H,14,15). The lowest BCUT2D eigenvalue weighted by Crippen LogP contribution is -2.18. The number of aliphatic carboxylic acids is 1. The van der Waals surface area contributed by atoms with Gasteiger partial charge in [0.1, 0.15) is 0 Å². The molecule has 0 aromatic carbocycles. The Hall–Kier alpha value is -1.42. The van der Waals surface area contributed by atoms with Crippen molar-refractivity contribution in [3.8, 4) is 0 Å². The van der Waals surface area contributed by atoms with E-state index in [1.54, 1.807) is 6.20 Å². The first-order chi connectivity index (χ1) is 7.27.